The van der Waals surface area contributed by atoms with Crippen LogP contribution in [0.4, 0.5) is 5.82 Å². The van der Waals surface area contributed by atoms with Crippen molar-refractivity contribution in [3.8, 4) is 11.3 Å². The zero-order chi connectivity index (χ0) is 10.8. The highest BCUT2D eigenvalue weighted by Gasteiger charge is 2.08. The number of nitrogen functional groups attached to an aromatic ring is 1. The first-order valence-electron chi connectivity index (χ1n) is 4.37. The Morgan fingerprint density at radius 1 is 1.47 bits per heavy atom. The topological polar surface area (TPSA) is 69.6 Å². The molecule has 2 rings (SSSR count). The van der Waals surface area contributed by atoms with Gasteiger partial charge in [0.25, 0.3) is 0 Å². The number of anilines is 1. The monoisotopic (exact) mass is 221 g/mol. The highest BCUT2D eigenvalue weighted by molar-refractivity contribution is 7.98. The third kappa shape index (κ3) is 1.94. The van der Waals surface area contributed by atoms with Crippen molar-refractivity contribution >= 4 is 17.6 Å². The molecule has 0 amide bonds. The third-order valence-corrected chi connectivity index (χ3v) is 2.53. The van der Waals surface area contributed by atoms with Crippen molar-refractivity contribution < 1.29 is 0 Å². The first kappa shape index (κ1) is 9.97. The molecule has 0 bridgehead atoms. The van der Waals surface area contributed by atoms with E-state index in [1.807, 2.05) is 25.6 Å². The second kappa shape index (κ2) is 3.90. The summed E-state index contributed by atoms with van der Waals surface area (Å²) in [6, 6.07) is 1.88. The fraction of sp³-hybridized carbons (Fsp3) is 0.222. The van der Waals surface area contributed by atoms with Crippen molar-refractivity contribution in [2.75, 3.05) is 12.0 Å². The number of aryl methyl sites for hydroxylation is 1. The van der Waals surface area contributed by atoms with Gasteiger partial charge in [0.1, 0.15) is 5.82 Å². The smallest absolute Gasteiger partial charge is 0.189 e. The van der Waals surface area contributed by atoms with Crippen LogP contribution in [-0.2, 0) is 7.05 Å². The molecule has 5 nitrogen and oxygen atoms in total. The van der Waals surface area contributed by atoms with E-state index in [1.54, 1.807) is 10.9 Å². The Kier molecular flexibility index (Phi) is 2.59. The van der Waals surface area contributed by atoms with Crippen LogP contribution in [0, 0.1) is 0 Å². The van der Waals surface area contributed by atoms with Gasteiger partial charge >= 0.3 is 0 Å². The molecule has 2 heterocycles. The molecule has 0 aliphatic carbocycles. The van der Waals surface area contributed by atoms with Crippen LogP contribution < -0.4 is 5.73 Å². The van der Waals surface area contributed by atoms with Crippen LogP contribution in [0.2, 0.25) is 0 Å². The maximum Gasteiger partial charge on any atom is 0.189 e. The van der Waals surface area contributed by atoms with Crippen LogP contribution in [-0.4, -0.2) is 26.0 Å². The van der Waals surface area contributed by atoms with E-state index in [-0.39, 0.29) is 0 Å². The van der Waals surface area contributed by atoms with Gasteiger partial charge in [-0.05, 0) is 12.3 Å². The highest BCUT2D eigenvalue weighted by atomic mass is 32.2. The van der Waals surface area contributed by atoms with Gasteiger partial charge in [0.05, 0.1) is 11.3 Å². The summed E-state index contributed by atoms with van der Waals surface area (Å²) >= 11 is 1.46. The highest BCUT2D eigenvalue weighted by Crippen LogP contribution is 2.23. The van der Waals surface area contributed by atoms with Crippen LogP contribution in [0.1, 0.15) is 0 Å². The summed E-state index contributed by atoms with van der Waals surface area (Å²) in [5.74, 6) is 0.466. The average molecular weight is 221 g/mol. The summed E-state index contributed by atoms with van der Waals surface area (Å²) in [5, 5.41) is 4.92. The molecule has 6 heteroatoms. The molecule has 0 aliphatic rings. The predicted octanol–water partition coefficient (Wildman–Crippen LogP) is 1.18. The summed E-state index contributed by atoms with van der Waals surface area (Å²) in [4.78, 5) is 8.32. The van der Waals surface area contributed by atoms with Crippen molar-refractivity contribution in [1.29, 1.82) is 0 Å². The Bertz CT molecular complexity index is 479. The lowest BCUT2D eigenvalue weighted by atomic mass is 10.2. The fourth-order valence-electron chi connectivity index (χ4n) is 1.23. The maximum atomic E-state index is 5.82. The minimum atomic E-state index is 0.466. The molecule has 0 spiro atoms. The van der Waals surface area contributed by atoms with Crippen molar-refractivity contribution in [2.24, 2.45) is 7.05 Å². The van der Waals surface area contributed by atoms with Gasteiger partial charge in [-0.3, -0.25) is 4.68 Å². The van der Waals surface area contributed by atoms with E-state index in [2.05, 4.69) is 15.1 Å². The first-order valence-corrected chi connectivity index (χ1v) is 5.59. The molecule has 0 atom stereocenters. The van der Waals surface area contributed by atoms with Crippen LogP contribution in [0.15, 0.2) is 23.6 Å². The third-order valence-electron chi connectivity index (χ3n) is 1.97. The number of nitrogens with two attached hydrogens (primary N) is 1. The SMILES string of the molecule is CSc1ncc(-c2ccn(C)n2)c(N)n1. The fourth-order valence-corrected chi connectivity index (χ4v) is 1.58. The maximum absolute atomic E-state index is 5.82. The van der Waals surface area contributed by atoms with Crippen molar-refractivity contribution in [3.63, 3.8) is 0 Å². The Morgan fingerprint density at radius 2 is 2.27 bits per heavy atom. The number of aromatic nitrogens is 4. The molecule has 0 saturated heterocycles. The summed E-state index contributed by atoms with van der Waals surface area (Å²) in [6.45, 7) is 0. The number of rotatable bonds is 2. The number of hydrogen-bond donors (Lipinski definition) is 1. The Balaban J connectivity index is 2.45. The lowest BCUT2D eigenvalue weighted by molar-refractivity contribution is 0.770. The predicted molar refractivity (Wildman–Crippen MR) is 60.4 cm³/mol. The van der Waals surface area contributed by atoms with E-state index in [0.29, 0.717) is 11.0 Å². The minimum Gasteiger partial charge on any atom is -0.383 e. The number of hydrogen-bond acceptors (Lipinski definition) is 5. The second-order valence-corrected chi connectivity index (χ2v) is 3.80. The molecule has 0 fully saturated rings. The van der Waals surface area contributed by atoms with Gasteiger partial charge in [-0.15, -0.1) is 0 Å². The first-order chi connectivity index (χ1) is 7.20. The minimum absolute atomic E-state index is 0.466. The summed E-state index contributed by atoms with van der Waals surface area (Å²) < 4.78 is 1.72. The lowest BCUT2D eigenvalue weighted by Gasteiger charge is -2.02. The van der Waals surface area contributed by atoms with Crippen LogP contribution in [0.25, 0.3) is 11.3 Å². The summed E-state index contributed by atoms with van der Waals surface area (Å²) in [6.07, 6.45) is 5.48. The average Bonchev–Trinajstić information content (AvgIpc) is 2.64. The molecule has 2 aromatic rings. The quantitative estimate of drug-likeness (QED) is 0.609. The second-order valence-electron chi connectivity index (χ2n) is 3.03. The van der Waals surface area contributed by atoms with E-state index >= 15 is 0 Å². The Morgan fingerprint density at radius 3 is 2.80 bits per heavy atom. The molecule has 0 unspecified atom stereocenters. The van der Waals surface area contributed by atoms with Gasteiger partial charge in [-0.1, -0.05) is 11.8 Å². The van der Waals surface area contributed by atoms with Crippen LogP contribution in [0.3, 0.4) is 0 Å². The molecule has 15 heavy (non-hydrogen) atoms. The summed E-state index contributed by atoms with van der Waals surface area (Å²) in [7, 11) is 1.86. The largest absolute Gasteiger partial charge is 0.383 e. The van der Waals surface area contributed by atoms with Crippen LogP contribution in [0.5, 0.6) is 0 Å². The van der Waals surface area contributed by atoms with Gasteiger partial charge in [0.2, 0.25) is 0 Å². The van der Waals surface area contributed by atoms with Gasteiger partial charge in [0, 0.05) is 19.4 Å². The Hall–Kier alpha value is -1.56. The van der Waals surface area contributed by atoms with E-state index in [9.17, 15) is 0 Å². The van der Waals surface area contributed by atoms with Gasteiger partial charge in [-0.2, -0.15) is 5.10 Å². The van der Waals surface area contributed by atoms with E-state index in [0.717, 1.165) is 11.3 Å². The van der Waals surface area contributed by atoms with E-state index < -0.39 is 0 Å². The molecule has 0 radical (unpaired) electrons. The van der Waals surface area contributed by atoms with Crippen molar-refractivity contribution in [1.82, 2.24) is 19.7 Å². The van der Waals surface area contributed by atoms with Crippen LogP contribution >= 0.6 is 11.8 Å². The molecule has 0 saturated carbocycles. The normalized spacial score (nSPS) is 10.5. The number of thioether (sulfide) groups is 1. The summed E-state index contributed by atoms with van der Waals surface area (Å²) in [5.41, 5.74) is 7.39. The van der Waals surface area contributed by atoms with E-state index in [4.69, 9.17) is 5.73 Å². The molecule has 78 valence electrons. The molecule has 2 N–H and O–H groups in total. The lowest BCUT2D eigenvalue weighted by Crippen LogP contribution is -1.98. The molecular formula is C9H11N5S. The van der Waals surface area contributed by atoms with E-state index in [1.165, 1.54) is 11.8 Å². The Labute approximate surface area is 91.7 Å². The van der Waals surface area contributed by atoms with Gasteiger partial charge in [0.15, 0.2) is 5.16 Å². The van der Waals surface area contributed by atoms with Gasteiger partial charge in [-0.25, -0.2) is 9.97 Å². The van der Waals surface area contributed by atoms with Crippen molar-refractivity contribution in [3.05, 3.63) is 18.5 Å². The van der Waals surface area contributed by atoms with Crippen molar-refractivity contribution in [2.45, 2.75) is 5.16 Å². The molecule has 0 aliphatic heterocycles. The standard InChI is InChI=1S/C9H11N5S/c1-14-4-3-7(13-14)6-5-11-9(15-2)12-8(6)10/h3-5H,1-2H3,(H2,10,11,12). The van der Waals surface area contributed by atoms with Gasteiger partial charge < -0.3 is 5.73 Å². The zero-order valence-electron chi connectivity index (χ0n) is 8.51. The molecule has 2 aromatic heterocycles. The molecular weight excluding hydrogens is 210 g/mol. The number of nitrogens with zero attached hydrogens (tertiary/aromatic N) is 4. The molecule has 0 aromatic carbocycles. The zero-order valence-corrected chi connectivity index (χ0v) is 9.32.